The zero-order chi connectivity index (χ0) is 22.5. The predicted molar refractivity (Wildman–Crippen MR) is 126 cm³/mol. The molecule has 166 valence electrons. The average Bonchev–Trinajstić information content (AvgIpc) is 2.75. The number of hydrogen-bond acceptors (Lipinski definition) is 4. The normalized spacial score (nSPS) is 14.0. The predicted octanol–water partition coefficient (Wildman–Crippen LogP) is 4.95. The molecule has 1 aliphatic heterocycles. The molecule has 2 amide bonds. The maximum absolute atomic E-state index is 12.6. The topological polar surface area (TPSA) is 61.9 Å². The fourth-order valence-electron chi connectivity index (χ4n) is 3.49. The highest BCUT2D eigenvalue weighted by Gasteiger charge is 2.24. The van der Waals surface area contributed by atoms with Crippen LogP contribution in [0.1, 0.15) is 31.1 Å². The number of carbonyl (C=O) groups excluding carboxylic acids is 2. The third kappa shape index (κ3) is 5.63. The Morgan fingerprint density at radius 3 is 2.32 bits per heavy atom. The van der Waals surface area contributed by atoms with Gasteiger partial charge in [0.15, 0.2) is 0 Å². The second-order valence-corrected chi connectivity index (χ2v) is 8.48. The second-order valence-electron chi connectivity index (χ2n) is 7.67. The summed E-state index contributed by atoms with van der Waals surface area (Å²) in [6, 6.07) is 10.4. The van der Waals surface area contributed by atoms with Gasteiger partial charge in [-0.25, -0.2) is 0 Å². The van der Waals surface area contributed by atoms with Crippen molar-refractivity contribution in [2.24, 2.45) is 5.92 Å². The Labute approximate surface area is 193 Å². The summed E-state index contributed by atoms with van der Waals surface area (Å²) < 4.78 is 5.40. The highest BCUT2D eigenvalue weighted by molar-refractivity contribution is 6.34. The van der Waals surface area contributed by atoms with Gasteiger partial charge in [0, 0.05) is 43.3 Å². The van der Waals surface area contributed by atoms with Crippen molar-refractivity contribution in [3.05, 3.63) is 52.0 Å². The van der Waals surface area contributed by atoms with Gasteiger partial charge in [-0.3, -0.25) is 9.59 Å². The number of ether oxygens (including phenoxy) is 1. The molecule has 0 unspecified atom stereocenters. The fourth-order valence-corrected chi connectivity index (χ4v) is 4.03. The molecule has 3 rings (SSSR count). The molecule has 2 aromatic carbocycles. The van der Waals surface area contributed by atoms with E-state index in [2.05, 4.69) is 10.2 Å². The zero-order valence-electron chi connectivity index (χ0n) is 18.0. The number of piperazine rings is 1. The van der Waals surface area contributed by atoms with E-state index in [0.29, 0.717) is 59.8 Å². The van der Waals surface area contributed by atoms with Crippen LogP contribution in [0.5, 0.6) is 5.75 Å². The van der Waals surface area contributed by atoms with Crippen LogP contribution in [0, 0.1) is 5.92 Å². The summed E-state index contributed by atoms with van der Waals surface area (Å²) in [5.41, 5.74) is 1.91. The highest BCUT2D eigenvalue weighted by Crippen LogP contribution is 2.31. The lowest BCUT2D eigenvalue weighted by molar-refractivity contribution is -0.134. The van der Waals surface area contributed by atoms with Crippen LogP contribution in [-0.2, 0) is 4.79 Å². The lowest BCUT2D eigenvalue weighted by Gasteiger charge is -2.37. The summed E-state index contributed by atoms with van der Waals surface area (Å²) in [6.07, 6.45) is 0. The van der Waals surface area contributed by atoms with Gasteiger partial charge in [-0.05, 0) is 43.3 Å². The van der Waals surface area contributed by atoms with Gasteiger partial charge in [-0.2, -0.15) is 0 Å². The first-order chi connectivity index (χ1) is 14.8. The average molecular weight is 464 g/mol. The van der Waals surface area contributed by atoms with E-state index in [1.807, 2.05) is 37.8 Å². The van der Waals surface area contributed by atoms with Gasteiger partial charge >= 0.3 is 0 Å². The summed E-state index contributed by atoms with van der Waals surface area (Å²) in [5.74, 6) is 0.444. The first-order valence-electron chi connectivity index (χ1n) is 10.4. The SMILES string of the molecule is CCOc1ccc(C(=O)Nc2ccc(N3CCN(C(=O)C(C)C)CC3)c(Cl)c2)cc1Cl. The van der Waals surface area contributed by atoms with E-state index in [9.17, 15) is 9.59 Å². The number of nitrogens with zero attached hydrogens (tertiary/aromatic N) is 2. The smallest absolute Gasteiger partial charge is 0.255 e. The summed E-state index contributed by atoms with van der Waals surface area (Å²) in [7, 11) is 0. The number of benzene rings is 2. The van der Waals surface area contributed by atoms with Gasteiger partial charge in [0.1, 0.15) is 5.75 Å². The van der Waals surface area contributed by atoms with Crippen LogP contribution in [0.2, 0.25) is 10.0 Å². The fraction of sp³-hybridized carbons (Fsp3) is 0.391. The quantitative estimate of drug-likeness (QED) is 0.658. The largest absolute Gasteiger partial charge is 0.492 e. The van der Waals surface area contributed by atoms with Crippen molar-refractivity contribution < 1.29 is 14.3 Å². The van der Waals surface area contributed by atoms with E-state index < -0.39 is 0 Å². The maximum Gasteiger partial charge on any atom is 0.255 e. The molecule has 1 aliphatic rings. The van der Waals surface area contributed by atoms with Crippen LogP contribution >= 0.6 is 23.2 Å². The first kappa shape index (κ1) is 23.2. The Bertz CT molecular complexity index is 957. The van der Waals surface area contributed by atoms with E-state index in [1.54, 1.807) is 24.3 Å². The van der Waals surface area contributed by atoms with E-state index >= 15 is 0 Å². The van der Waals surface area contributed by atoms with Crippen LogP contribution in [0.15, 0.2) is 36.4 Å². The Hall–Kier alpha value is -2.44. The van der Waals surface area contributed by atoms with E-state index in [4.69, 9.17) is 27.9 Å². The van der Waals surface area contributed by atoms with Gasteiger partial charge in [-0.1, -0.05) is 37.0 Å². The Morgan fingerprint density at radius 1 is 1.03 bits per heavy atom. The Balaban J connectivity index is 1.64. The summed E-state index contributed by atoms with van der Waals surface area (Å²) in [4.78, 5) is 28.8. The van der Waals surface area contributed by atoms with Gasteiger partial charge in [0.05, 0.1) is 22.3 Å². The van der Waals surface area contributed by atoms with Crippen LogP contribution in [0.25, 0.3) is 0 Å². The summed E-state index contributed by atoms with van der Waals surface area (Å²) in [5, 5.41) is 3.78. The van der Waals surface area contributed by atoms with Crippen molar-refractivity contribution in [1.29, 1.82) is 0 Å². The van der Waals surface area contributed by atoms with Gasteiger partial charge in [0.25, 0.3) is 5.91 Å². The number of hydrogen-bond donors (Lipinski definition) is 1. The molecule has 8 heteroatoms. The van der Waals surface area contributed by atoms with Crippen LogP contribution in [0.3, 0.4) is 0 Å². The molecule has 0 aliphatic carbocycles. The van der Waals surface area contributed by atoms with E-state index in [1.165, 1.54) is 0 Å². The molecule has 1 fully saturated rings. The minimum absolute atomic E-state index is 0.00304. The zero-order valence-corrected chi connectivity index (χ0v) is 19.5. The van der Waals surface area contributed by atoms with Crippen molar-refractivity contribution >= 4 is 46.4 Å². The molecule has 31 heavy (non-hydrogen) atoms. The molecule has 0 saturated carbocycles. The lowest BCUT2D eigenvalue weighted by atomic mass is 10.1. The molecule has 0 aromatic heterocycles. The molecule has 2 aromatic rings. The number of amides is 2. The second kappa shape index (κ2) is 10.2. The number of halogens is 2. The number of anilines is 2. The first-order valence-corrected chi connectivity index (χ1v) is 11.1. The van der Waals surface area contributed by atoms with Crippen LogP contribution < -0.4 is 15.0 Å². The van der Waals surface area contributed by atoms with Crippen molar-refractivity contribution in [1.82, 2.24) is 4.90 Å². The minimum atomic E-state index is -0.283. The van der Waals surface area contributed by atoms with Gasteiger partial charge in [0.2, 0.25) is 5.91 Å². The van der Waals surface area contributed by atoms with Crippen molar-refractivity contribution in [2.75, 3.05) is 43.0 Å². The molecule has 1 N–H and O–H groups in total. The van der Waals surface area contributed by atoms with Crippen LogP contribution in [0.4, 0.5) is 11.4 Å². The number of carbonyl (C=O) groups is 2. The Morgan fingerprint density at radius 2 is 1.74 bits per heavy atom. The molecule has 1 saturated heterocycles. The molecule has 0 radical (unpaired) electrons. The Kier molecular flexibility index (Phi) is 7.68. The molecule has 6 nitrogen and oxygen atoms in total. The van der Waals surface area contributed by atoms with Crippen molar-refractivity contribution in [3.63, 3.8) is 0 Å². The minimum Gasteiger partial charge on any atom is -0.492 e. The maximum atomic E-state index is 12.6. The molecular formula is C23H27Cl2N3O3. The summed E-state index contributed by atoms with van der Waals surface area (Å²) >= 11 is 12.7. The van der Waals surface area contributed by atoms with Crippen molar-refractivity contribution in [2.45, 2.75) is 20.8 Å². The molecular weight excluding hydrogens is 437 g/mol. The molecule has 0 spiro atoms. The molecule has 0 bridgehead atoms. The monoisotopic (exact) mass is 463 g/mol. The van der Waals surface area contributed by atoms with Crippen LogP contribution in [-0.4, -0.2) is 49.5 Å². The third-order valence-corrected chi connectivity index (χ3v) is 5.72. The molecule has 1 heterocycles. The highest BCUT2D eigenvalue weighted by atomic mass is 35.5. The number of nitrogens with one attached hydrogen (secondary N) is 1. The van der Waals surface area contributed by atoms with Crippen molar-refractivity contribution in [3.8, 4) is 5.75 Å². The number of rotatable bonds is 6. The standard InChI is InChI=1S/C23H27Cl2N3O3/c1-4-31-21-8-5-16(13-19(21)25)22(29)26-17-6-7-20(18(24)14-17)27-9-11-28(12-10-27)23(30)15(2)3/h5-8,13-15H,4,9-12H2,1-3H3,(H,26,29). The van der Waals surface area contributed by atoms with E-state index in [0.717, 1.165) is 5.69 Å². The third-order valence-electron chi connectivity index (χ3n) is 5.13. The van der Waals surface area contributed by atoms with E-state index in [-0.39, 0.29) is 17.7 Å². The van der Waals surface area contributed by atoms with Gasteiger partial charge in [-0.15, -0.1) is 0 Å². The lowest BCUT2D eigenvalue weighted by Crippen LogP contribution is -2.50. The summed E-state index contributed by atoms with van der Waals surface area (Å²) in [6.45, 7) is 8.98. The molecule has 0 atom stereocenters. The van der Waals surface area contributed by atoms with Gasteiger partial charge < -0.3 is 19.9 Å².